The highest BCUT2D eigenvalue weighted by Crippen LogP contribution is 2.47. The van der Waals surface area contributed by atoms with Crippen LogP contribution in [0.5, 0.6) is 0 Å². The molecule has 2 aliphatic heterocycles. The van der Waals surface area contributed by atoms with Gasteiger partial charge in [0.1, 0.15) is 5.82 Å². The Balaban J connectivity index is 1.96. The molecule has 21 heavy (non-hydrogen) atoms. The van der Waals surface area contributed by atoms with Crippen LogP contribution in [-0.4, -0.2) is 24.0 Å². The molecule has 7 heteroatoms. The molecule has 1 aromatic carbocycles. The SMILES string of the molecule is O=S1(=O)C2CCC1CC(O)(c1ccc(C(F)F)c(F)c1)C2. The first kappa shape index (κ1) is 14.8. The van der Waals surface area contributed by atoms with Crippen molar-refractivity contribution in [1.29, 1.82) is 0 Å². The van der Waals surface area contributed by atoms with Crippen LogP contribution in [-0.2, 0) is 15.4 Å². The van der Waals surface area contributed by atoms with Gasteiger partial charge in [-0.2, -0.15) is 0 Å². The summed E-state index contributed by atoms with van der Waals surface area (Å²) in [6.45, 7) is 0. The molecule has 2 atom stereocenters. The molecule has 0 aliphatic carbocycles. The van der Waals surface area contributed by atoms with E-state index in [0.717, 1.165) is 12.1 Å². The van der Waals surface area contributed by atoms with Crippen molar-refractivity contribution in [2.45, 2.75) is 48.2 Å². The largest absolute Gasteiger partial charge is 0.385 e. The number of benzene rings is 1. The van der Waals surface area contributed by atoms with Gasteiger partial charge >= 0.3 is 0 Å². The van der Waals surface area contributed by atoms with E-state index in [2.05, 4.69) is 0 Å². The summed E-state index contributed by atoms with van der Waals surface area (Å²) in [7, 11) is -3.21. The Hall–Kier alpha value is -1.08. The Kier molecular flexibility index (Phi) is 3.33. The van der Waals surface area contributed by atoms with Gasteiger partial charge in [-0.3, -0.25) is 0 Å². The quantitative estimate of drug-likeness (QED) is 0.911. The Bertz CT molecular complexity index is 652. The van der Waals surface area contributed by atoms with Gasteiger partial charge in [-0.05, 0) is 37.3 Å². The predicted molar refractivity (Wildman–Crippen MR) is 70.2 cm³/mol. The second kappa shape index (κ2) is 4.71. The molecule has 0 amide bonds. The molecule has 2 saturated heterocycles. The van der Waals surface area contributed by atoms with Gasteiger partial charge in [0.15, 0.2) is 9.84 Å². The average Bonchev–Trinajstić information content (AvgIpc) is 2.59. The topological polar surface area (TPSA) is 54.4 Å². The number of rotatable bonds is 2. The van der Waals surface area contributed by atoms with Crippen molar-refractivity contribution in [1.82, 2.24) is 0 Å². The first-order valence-corrected chi connectivity index (χ1v) is 8.38. The standard InChI is InChI=1S/C14H15F3O3S/c15-12-5-8(1-4-11(12)13(16)17)14(18)6-9-2-3-10(7-14)21(9,19)20/h1,4-5,9-10,13,18H,2-3,6-7H2. The lowest BCUT2D eigenvalue weighted by molar-refractivity contribution is 0.0169. The fourth-order valence-corrected chi connectivity index (χ4v) is 5.96. The molecule has 116 valence electrons. The van der Waals surface area contributed by atoms with Crippen molar-refractivity contribution in [3.8, 4) is 0 Å². The summed E-state index contributed by atoms with van der Waals surface area (Å²) >= 11 is 0. The van der Waals surface area contributed by atoms with Crippen molar-refractivity contribution in [3.63, 3.8) is 0 Å². The zero-order valence-electron chi connectivity index (χ0n) is 11.1. The highest BCUT2D eigenvalue weighted by Gasteiger charge is 2.53. The molecule has 3 nitrogen and oxygen atoms in total. The smallest absolute Gasteiger partial charge is 0.266 e. The third-order valence-corrected chi connectivity index (χ3v) is 7.31. The van der Waals surface area contributed by atoms with Crippen LogP contribution in [0.1, 0.15) is 43.2 Å². The minimum absolute atomic E-state index is 0.000696. The van der Waals surface area contributed by atoms with E-state index in [4.69, 9.17) is 0 Å². The highest BCUT2D eigenvalue weighted by molar-refractivity contribution is 7.93. The molecule has 2 heterocycles. The van der Waals surface area contributed by atoms with Crippen LogP contribution >= 0.6 is 0 Å². The molecule has 0 radical (unpaired) electrons. The van der Waals surface area contributed by atoms with Gasteiger partial charge in [0, 0.05) is 0 Å². The van der Waals surface area contributed by atoms with Crippen LogP contribution < -0.4 is 0 Å². The summed E-state index contributed by atoms with van der Waals surface area (Å²) in [6.07, 6.45) is -1.94. The summed E-state index contributed by atoms with van der Waals surface area (Å²) in [6, 6.07) is 3.12. The lowest BCUT2D eigenvalue weighted by Crippen LogP contribution is -2.43. The zero-order valence-corrected chi connectivity index (χ0v) is 11.9. The number of fused-ring (bicyclic) bond motifs is 2. The number of aliphatic hydroxyl groups is 1. The molecular weight excluding hydrogens is 305 g/mol. The molecule has 1 N–H and O–H groups in total. The Labute approximate surface area is 120 Å². The number of hydrogen-bond acceptors (Lipinski definition) is 3. The number of sulfone groups is 1. The van der Waals surface area contributed by atoms with Crippen molar-refractivity contribution < 1.29 is 26.7 Å². The predicted octanol–water partition coefficient (Wildman–Crippen LogP) is 2.69. The molecule has 2 aliphatic rings. The molecule has 2 unspecified atom stereocenters. The Morgan fingerprint density at radius 3 is 2.24 bits per heavy atom. The van der Waals surface area contributed by atoms with E-state index in [1.807, 2.05) is 0 Å². The minimum atomic E-state index is -3.21. The zero-order chi connectivity index (χ0) is 15.4. The van der Waals surface area contributed by atoms with E-state index in [1.165, 1.54) is 6.07 Å². The number of alkyl halides is 2. The first-order chi connectivity index (χ1) is 9.74. The minimum Gasteiger partial charge on any atom is -0.385 e. The Morgan fingerprint density at radius 2 is 1.76 bits per heavy atom. The van der Waals surface area contributed by atoms with Crippen molar-refractivity contribution in [2.75, 3.05) is 0 Å². The summed E-state index contributed by atoms with van der Waals surface area (Å²) < 4.78 is 62.8. The summed E-state index contributed by atoms with van der Waals surface area (Å²) in [4.78, 5) is 0. The van der Waals surface area contributed by atoms with Crippen LogP contribution in [0.4, 0.5) is 13.2 Å². The van der Waals surface area contributed by atoms with Gasteiger partial charge in [0.05, 0.1) is 21.7 Å². The van der Waals surface area contributed by atoms with E-state index in [0.29, 0.717) is 12.8 Å². The molecule has 0 aromatic heterocycles. The molecule has 3 rings (SSSR count). The normalized spacial score (nSPS) is 34.3. The summed E-state index contributed by atoms with van der Waals surface area (Å²) in [5.41, 5.74) is -2.00. The van der Waals surface area contributed by atoms with Crippen molar-refractivity contribution in [2.24, 2.45) is 0 Å². The summed E-state index contributed by atoms with van der Waals surface area (Å²) in [5.74, 6) is -1.07. The second-order valence-electron chi connectivity index (χ2n) is 5.89. The van der Waals surface area contributed by atoms with E-state index in [1.54, 1.807) is 0 Å². The maximum atomic E-state index is 13.7. The van der Waals surface area contributed by atoms with Crippen LogP contribution in [0.15, 0.2) is 18.2 Å². The van der Waals surface area contributed by atoms with E-state index >= 15 is 0 Å². The molecule has 0 saturated carbocycles. The van der Waals surface area contributed by atoms with Crippen molar-refractivity contribution in [3.05, 3.63) is 35.1 Å². The van der Waals surface area contributed by atoms with E-state index in [-0.39, 0.29) is 18.4 Å². The maximum Gasteiger partial charge on any atom is 0.266 e. The van der Waals surface area contributed by atoms with Gasteiger partial charge < -0.3 is 5.11 Å². The van der Waals surface area contributed by atoms with Gasteiger partial charge in [-0.1, -0.05) is 12.1 Å². The molecule has 2 bridgehead atoms. The summed E-state index contributed by atoms with van der Waals surface area (Å²) in [5, 5.41) is 9.44. The van der Waals surface area contributed by atoms with Crippen LogP contribution in [0.25, 0.3) is 0 Å². The lowest BCUT2D eigenvalue weighted by Gasteiger charge is -2.36. The third kappa shape index (κ3) is 2.26. The lowest BCUT2D eigenvalue weighted by atomic mass is 9.85. The van der Waals surface area contributed by atoms with E-state index in [9.17, 15) is 26.7 Å². The van der Waals surface area contributed by atoms with E-state index < -0.39 is 43.7 Å². The number of hydrogen-bond donors (Lipinski definition) is 1. The van der Waals surface area contributed by atoms with Gasteiger partial charge in [0.2, 0.25) is 0 Å². The molecule has 1 aromatic rings. The average molecular weight is 320 g/mol. The highest BCUT2D eigenvalue weighted by atomic mass is 32.2. The molecule has 0 spiro atoms. The second-order valence-corrected chi connectivity index (χ2v) is 8.40. The van der Waals surface area contributed by atoms with Crippen LogP contribution in [0.3, 0.4) is 0 Å². The van der Waals surface area contributed by atoms with Crippen molar-refractivity contribution >= 4 is 9.84 Å². The third-order valence-electron chi connectivity index (χ3n) is 4.64. The molecule has 2 fully saturated rings. The monoisotopic (exact) mass is 320 g/mol. The fraction of sp³-hybridized carbons (Fsp3) is 0.571. The fourth-order valence-electron chi connectivity index (χ4n) is 3.47. The Morgan fingerprint density at radius 1 is 1.19 bits per heavy atom. The number of halogens is 3. The maximum absolute atomic E-state index is 13.7. The van der Waals surface area contributed by atoms with Gasteiger partial charge in [0.25, 0.3) is 6.43 Å². The molecular formula is C14H15F3O3S. The first-order valence-electron chi connectivity index (χ1n) is 6.77. The van der Waals surface area contributed by atoms with Crippen LogP contribution in [0, 0.1) is 5.82 Å². The van der Waals surface area contributed by atoms with Gasteiger partial charge in [-0.25, -0.2) is 21.6 Å². The van der Waals surface area contributed by atoms with Gasteiger partial charge in [-0.15, -0.1) is 0 Å². The van der Waals surface area contributed by atoms with Crippen LogP contribution in [0.2, 0.25) is 0 Å².